The third-order valence-electron chi connectivity index (χ3n) is 4.86. The van der Waals surface area contributed by atoms with Gasteiger partial charge in [0.25, 0.3) is 11.5 Å². The summed E-state index contributed by atoms with van der Waals surface area (Å²) in [7, 11) is 1.69. The minimum Gasteiger partial charge on any atom is -0.334 e. The summed E-state index contributed by atoms with van der Waals surface area (Å²) in [4.78, 5) is 27.6. The largest absolute Gasteiger partial charge is 0.334 e. The lowest BCUT2D eigenvalue weighted by atomic mass is 10.1. The first-order chi connectivity index (χ1) is 13.3. The summed E-state index contributed by atoms with van der Waals surface area (Å²) < 4.78 is 14.6. The van der Waals surface area contributed by atoms with Crippen LogP contribution in [0.1, 0.15) is 42.9 Å². The molecule has 146 valence electrons. The van der Waals surface area contributed by atoms with Crippen molar-refractivity contribution in [3.8, 4) is 0 Å². The van der Waals surface area contributed by atoms with Crippen LogP contribution >= 0.6 is 0 Å². The second-order valence-corrected chi connectivity index (χ2v) is 7.42. The molecule has 0 fully saturated rings. The molecule has 0 aliphatic carbocycles. The number of halogens is 1. The Morgan fingerprint density at radius 3 is 2.29 bits per heavy atom. The van der Waals surface area contributed by atoms with Crippen molar-refractivity contribution in [3.63, 3.8) is 0 Å². The van der Waals surface area contributed by atoms with Crippen molar-refractivity contribution >= 4 is 16.7 Å². The number of rotatable bonds is 5. The molecule has 0 saturated carbocycles. The van der Waals surface area contributed by atoms with Gasteiger partial charge in [0.05, 0.1) is 11.4 Å². The SMILES string of the molecule is CC(C)Cn1nc(C(=O)N(C)C(C)c2ccc(F)cc2)c2ccccc2c1=O. The van der Waals surface area contributed by atoms with E-state index in [1.807, 2.05) is 20.8 Å². The number of nitrogens with zero attached hydrogens (tertiary/aromatic N) is 3. The molecule has 3 rings (SSSR count). The van der Waals surface area contributed by atoms with Gasteiger partial charge < -0.3 is 4.90 Å². The number of amides is 1. The fourth-order valence-corrected chi connectivity index (χ4v) is 3.17. The highest BCUT2D eigenvalue weighted by Crippen LogP contribution is 2.23. The van der Waals surface area contributed by atoms with Crippen LogP contribution in [0.2, 0.25) is 0 Å². The molecule has 1 atom stereocenters. The van der Waals surface area contributed by atoms with Gasteiger partial charge in [-0.05, 0) is 36.6 Å². The first kappa shape index (κ1) is 19.7. The molecule has 0 N–H and O–H groups in total. The van der Waals surface area contributed by atoms with Crippen molar-refractivity contribution in [2.24, 2.45) is 5.92 Å². The van der Waals surface area contributed by atoms with Crippen molar-refractivity contribution in [3.05, 3.63) is 76.0 Å². The second-order valence-electron chi connectivity index (χ2n) is 7.42. The lowest BCUT2D eigenvalue weighted by Gasteiger charge is -2.26. The van der Waals surface area contributed by atoms with Crippen LogP contribution in [0.3, 0.4) is 0 Å². The Kier molecular flexibility index (Phi) is 5.58. The van der Waals surface area contributed by atoms with Gasteiger partial charge in [-0.2, -0.15) is 5.10 Å². The molecule has 0 aliphatic heterocycles. The molecule has 0 radical (unpaired) electrons. The molecule has 0 bridgehead atoms. The molecule has 1 aromatic heterocycles. The predicted molar refractivity (Wildman–Crippen MR) is 108 cm³/mol. The summed E-state index contributed by atoms with van der Waals surface area (Å²) in [5, 5.41) is 5.42. The molecule has 6 heteroatoms. The fraction of sp³-hybridized carbons (Fsp3) is 0.318. The van der Waals surface area contributed by atoms with Gasteiger partial charge in [-0.1, -0.05) is 44.2 Å². The van der Waals surface area contributed by atoms with Gasteiger partial charge in [-0.25, -0.2) is 9.07 Å². The minimum absolute atomic E-state index is 0.199. The number of carbonyl (C=O) groups excluding carboxylic acids is 1. The Morgan fingerprint density at radius 1 is 1.07 bits per heavy atom. The maximum Gasteiger partial charge on any atom is 0.275 e. The van der Waals surface area contributed by atoms with E-state index in [9.17, 15) is 14.0 Å². The van der Waals surface area contributed by atoms with Gasteiger partial charge in [0.2, 0.25) is 0 Å². The molecule has 5 nitrogen and oxygen atoms in total. The second kappa shape index (κ2) is 7.92. The topological polar surface area (TPSA) is 55.2 Å². The number of aromatic nitrogens is 2. The number of hydrogen-bond acceptors (Lipinski definition) is 3. The first-order valence-electron chi connectivity index (χ1n) is 9.32. The van der Waals surface area contributed by atoms with Gasteiger partial charge in [0, 0.05) is 19.0 Å². The molecule has 0 saturated heterocycles. The van der Waals surface area contributed by atoms with E-state index < -0.39 is 0 Å². The average Bonchev–Trinajstić information content (AvgIpc) is 2.69. The van der Waals surface area contributed by atoms with E-state index in [1.165, 1.54) is 16.8 Å². The molecule has 0 spiro atoms. The van der Waals surface area contributed by atoms with Gasteiger partial charge >= 0.3 is 0 Å². The predicted octanol–water partition coefficient (Wildman–Crippen LogP) is 4.02. The van der Waals surface area contributed by atoms with Crippen molar-refractivity contribution in [2.45, 2.75) is 33.4 Å². The summed E-state index contributed by atoms with van der Waals surface area (Å²) >= 11 is 0. The summed E-state index contributed by atoms with van der Waals surface area (Å²) in [6.45, 7) is 6.29. The monoisotopic (exact) mass is 381 g/mol. The van der Waals surface area contributed by atoms with Crippen LogP contribution in [0.4, 0.5) is 4.39 Å². The smallest absolute Gasteiger partial charge is 0.275 e. The number of benzene rings is 2. The van der Waals surface area contributed by atoms with E-state index in [-0.39, 0.29) is 34.9 Å². The van der Waals surface area contributed by atoms with Crippen molar-refractivity contribution in [1.82, 2.24) is 14.7 Å². The highest BCUT2D eigenvalue weighted by Gasteiger charge is 2.24. The molecular weight excluding hydrogens is 357 g/mol. The molecule has 2 aromatic carbocycles. The summed E-state index contributed by atoms with van der Waals surface area (Å²) in [6.07, 6.45) is 0. The maximum absolute atomic E-state index is 13.3. The fourth-order valence-electron chi connectivity index (χ4n) is 3.17. The molecule has 1 heterocycles. The van der Waals surface area contributed by atoms with Crippen LogP contribution < -0.4 is 5.56 Å². The Bertz CT molecular complexity index is 1060. The Labute approximate surface area is 163 Å². The standard InChI is InChI=1S/C22H24FN3O2/c1-14(2)13-26-21(27)19-8-6-5-7-18(19)20(24-26)22(28)25(4)15(3)16-9-11-17(23)12-10-16/h5-12,14-15H,13H2,1-4H3. The molecular formula is C22H24FN3O2. The zero-order valence-electron chi connectivity index (χ0n) is 16.5. The van der Waals surface area contributed by atoms with E-state index >= 15 is 0 Å². The first-order valence-corrected chi connectivity index (χ1v) is 9.32. The third kappa shape index (κ3) is 3.81. The quantitative estimate of drug-likeness (QED) is 0.671. The van der Waals surface area contributed by atoms with Crippen LogP contribution in [-0.4, -0.2) is 27.6 Å². The maximum atomic E-state index is 13.3. The normalized spacial score (nSPS) is 12.4. The van der Waals surface area contributed by atoms with Crippen LogP contribution in [0.15, 0.2) is 53.3 Å². The lowest BCUT2D eigenvalue weighted by molar-refractivity contribution is 0.0736. The van der Waals surface area contributed by atoms with Crippen molar-refractivity contribution < 1.29 is 9.18 Å². The van der Waals surface area contributed by atoms with Crippen LogP contribution in [-0.2, 0) is 6.54 Å². The van der Waals surface area contributed by atoms with Gasteiger partial charge in [-0.3, -0.25) is 9.59 Å². The van der Waals surface area contributed by atoms with Crippen LogP contribution in [0.5, 0.6) is 0 Å². The number of fused-ring (bicyclic) bond motifs is 1. The van der Waals surface area contributed by atoms with Crippen LogP contribution in [0, 0.1) is 11.7 Å². The summed E-state index contributed by atoms with van der Waals surface area (Å²) in [5.74, 6) is -0.394. The molecule has 0 aliphatic rings. The van der Waals surface area contributed by atoms with E-state index in [4.69, 9.17) is 0 Å². The summed E-state index contributed by atoms with van der Waals surface area (Å²) in [5.41, 5.74) is 0.861. The number of carbonyl (C=O) groups is 1. The Morgan fingerprint density at radius 2 is 1.68 bits per heavy atom. The third-order valence-corrected chi connectivity index (χ3v) is 4.86. The highest BCUT2D eigenvalue weighted by atomic mass is 19.1. The van der Waals surface area contributed by atoms with Crippen LogP contribution in [0.25, 0.3) is 10.8 Å². The zero-order chi connectivity index (χ0) is 20.4. The van der Waals surface area contributed by atoms with E-state index in [0.29, 0.717) is 17.3 Å². The Balaban J connectivity index is 2.06. The molecule has 1 unspecified atom stereocenters. The molecule has 28 heavy (non-hydrogen) atoms. The zero-order valence-corrected chi connectivity index (χ0v) is 16.5. The van der Waals surface area contributed by atoms with Gasteiger partial charge in [0.15, 0.2) is 5.69 Å². The van der Waals surface area contributed by atoms with E-state index in [0.717, 1.165) is 5.56 Å². The summed E-state index contributed by atoms with van der Waals surface area (Å²) in [6, 6.07) is 12.8. The molecule has 3 aromatic rings. The lowest BCUT2D eigenvalue weighted by Crippen LogP contribution is -2.34. The molecule has 1 amide bonds. The van der Waals surface area contributed by atoms with E-state index in [2.05, 4.69) is 5.10 Å². The van der Waals surface area contributed by atoms with Gasteiger partial charge in [-0.15, -0.1) is 0 Å². The van der Waals surface area contributed by atoms with Crippen molar-refractivity contribution in [1.29, 1.82) is 0 Å². The van der Waals surface area contributed by atoms with Gasteiger partial charge in [0.1, 0.15) is 5.82 Å². The highest BCUT2D eigenvalue weighted by molar-refractivity contribution is 6.04. The van der Waals surface area contributed by atoms with E-state index in [1.54, 1.807) is 48.3 Å². The average molecular weight is 381 g/mol. The Hall–Kier alpha value is -3.02. The minimum atomic E-state index is -0.321. The van der Waals surface area contributed by atoms with Crippen molar-refractivity contribution in [2.75, 3.05) is 7.05 Å². The number of hydrogen-bond donors (Lipinski definition) is 0.